The van der Waals surface area contributed by atoms with Gasteiger partial charge in [-0.1, -0.05) is 30.8 Å². The minimum Gasteiger partial charge on any atom is -0.493 e. The highest BCUT2D eigenvalue weighted by Gasteiger charge is 2.03. The minimum absolute atomic E-state index is 0.669. The fourth-order valence-electron chi connectivity index (χ4n) is 1.65. The van der Waals surface area contributed by atoms with E-state index in [1.165, 1.54) is 17.1 Å². The van der Waals surface area contributed by atoms with E-state index in [4.69, 9.17) is 10.5 Å². The van der Waals surface area contributed by atoms with Gasteiger partial charge in [0, 0.05) is 12.2 Å². The number of aryl methyl sites for hydroxylation is 1. The molecule has 0 radical (unpaired) electrons. The molecule has 2 aromatic rings. The van der Waals surface area contributed by atoms with E-state index in [0.29, 0.717) is 13.2 Å². The van der Waals surface area contributed by atoms with Crippen LogP contribution in [-0.2, 0) is 12.8 Å². The van der Waals surface area contributed by atoms with Gasteiger partial charge in [-0.25, -0.2) is 4.98 Å². The molecule has 0 unspecified atom stereocenters. The molecule has 0 fully saturated rings. The largest absolute Gasteiger partial charge is 0.493 e. The van der Waals surface area contributed by atoms with Gasteiger partial charge in [0.25, 0.3) is 0 Å². The molecule has 0 atom stereocenters. The Balaban J connectivity index is 1.70. The number of nitrogens with zero attached hydrogens (tertiary/aromatic N) is 2. The molecule has 2 N–H and O–H groups in total. The molecule has 0 aliphatic carbocycles. The Morgan fingerprint density at radius 2 is 2.10 bits per heavy atom. The van der Waals surface area contributed by atoms with Crippen LogP contribution in [0.25, 0.3) is 0 Å². The molecule has 1 heterocycles. The third kappa shape index (κ3) is 4.77. The lowest BCUT2D eigenvalue weighted by Gasteiger charge is -2.06. The number of thioether (sulfide) groups is 1. The molecular formula is C14H19N3OS2. The van der Waals surface area contributed by atoms with Crippen molar-refractivity contribution < 1.29 is 4.74 Å². The van der Waals surface area contributed by atoms with E-state index in [-0.39, 0.29) is 0 Å². The number of hydrogen-bond donors (Lipinski definition) is 1. The van der Waals surface area contributed by atoms with Crippen LogP contribution in [0.4, 0.5) is 0 Å². The summed E-state index contributed by atoms with van der Waals surface area (Å²) in [6.07, 6.45) is 1.80. The smallest absolute Gasteiger partial charge is 0.170 e. The average molecular weight is 309 g/mol. The fraction of sp³-hybridized carbons (Fsp3) is 0.429. The van der Waals surface area contributed by atoms with E-state index >= 15 is 0 Å². The van der Waals surface area contributed by atoms with Gasteiger partial charge >= 0.3 is 0 Å². The van der Waals surface area contributed by atoms with Crippen LogP contribution in [0, 0.1) is 0 Å². The van der Waals surface area contributed by atoms with Crippen molar-refractivity contribution in [1.82, 2.24) is 9.36 Å². The van der Waals surface area contributed by atoms with Gasteiger partial charge in [0.2, 0.25) is 0 Å². The van der Waals surface area contributed by atoms with Crippen molar-refractivity contribution in [1.29, 1.82) is 0 Å². The first-order valence-corrected chi connectivity index (χ1v) is 8.45. The summed E-state index contributed by atoms with van der Waals surface area (Å²) in [5.41, 5.74) is 6.77. The molecule has 0 spiro atoms. The van der Waals surface area contributed by atoms with Gasteiger partial charge in [0.15, 0.2) is 4.34 Å². The maximum atomic E-state index is 5.70. The van der Waals surface area contributed by atoms with E-state index in [0.717, 1.165) is 34.5 Å². The van der Waals surface area contributed by atoms with Crippen LogP contribution >= 0.6 is 23.3 Å². The highest BCUT2D eigenvalue weighted by molar-refractivity contribution is 8.00. The summed E-state index contributed by atoms with van der Waals surface area (Å²) in [5.74, 6) is 2.70. The van der Waals surface area contributed by atoms with Crippen molar-refractivity contribution in [3.8, 4) is 5.75 Å². The van der Waals surface area contributed by atoms with Crippen LogP contribution in [0.3, 0.4) is 0 Å². The molecular weight excluding hydrogens is 290 g/mol. The number of benzene rings is 1. The van der Waals surface area contributed by atoms with Gasteiger partial charge in [0.05, 0.1) is 6.61 Å². The third-order valence-corrected chi connectivity index (χ3v) is 4.54. The molecule has 0 amide bonds. The highest BCUT2D eigenvalue weighted by Crippen LogP contribution is 2.20. The van der Waals surface area contributed by atoms with Crippen LogP contribution in [0.15, 0.2) is 28.6 Å². The van der Waals surface area contributed by atoms with Gasteiger partial charge in [-0.3, -0.25) is 0 Å². The van der Waals surface area contributed by atoms with Gasteiger partial charge in [-0.2, -0.15) is 4.37 Å². The minimum atomic E-state index is 0.669. The van der Waals surface area contributed by atoms with Crippen molar-refractivity contribution in [2.75, 3.05) is 18.9 Å². The number of aromatic nitrogens is 2. The molecule has 0 saturated carbocycles. The first kappa shape index (κ1) is 15.3. The van der Waals surface area contributed by atoms with Gasteiger partial charge < -0.3 is 10.5 Å². The lowest BCUT2D eigenvalue weighted by molar-refractivity contribution is 0.344. The van der Waals surface area contributed by atoms with E-state index in [1.54, 1.807) is 11.8 Å². The Kier molecular flexibility index (Phi) is 6.29. The molecule has 1 aromatic carbocycles. The highest BCUT2D eigenvalue weighted by atomic mass is 32.2. The Morgan fingerprint density at radius 1 is 1.30 bits per heavy atom. The summed E-state index contributed by atoms with van der Waals surface area (Å²) in [4.78, 5) is 4.41. The molecule has 0 saturated heterocycles. The standard InChI is InChI=1S/C14H19N3OS2/c1-2-13-16-14(20-17-13)19-10-9-18-12-5-3-11(4-6-12)7-8-15/h3-6H,2,7-10,15H2,1H3. The zero-order valence-electron chi connectivity index (χ0n) is 11.5. The fourth-order valence-corrected chi connectivity index (χ4v) is 3.23. The second-order valence-electron chi connectivity index (χ2n) is 4.21. The zero-order chi connectivity index (χ0) is 14.2. The van der Waals surface area contributed by atoms with E-state index < -0.39 is 0 Å². The molecule has 20 heavy (non-hydrogen) atoms. The molecule has 108 valence electrons. The first-order chi connectivity index (χ1) is 9.81. The Bertz CT molecular complexity index is 513. The molecule has 6 heteroatoms. The van der Waals surface area contributed by atoms with Crippen LogP contribution in [0.1, 0.15) is 18.3 Å². The predicted molar refractivity (Wildman–Crippen MR) is 84.7 cm³/mol. The third-order valence-electron chi connectivity index (χ3n) is 2.70. The van der Waals surface area contributed by atoms with E-state index in [1.807, 2.05) is 12.1 Å². The molecule has 0 bridgehead atoms. The molecule has 4 nitrogen and oxygen atoms in total. The van der Waals surface area contributed by atoms with Crippen molar-refractivity contribution in [2.24, 2.45) is 5.73 Å². The van der Waals surface area contributed by atoms with Crippen LogP contribution in [-0.4, -0.2) is 28.3 Å². The predicted octanol–water partition coefficient (Wildman–Crippen LogP) is 2.77. The van der Waals surface area contributed by atoms with E-state index in [2.05, 4.69) is 28.4 Å². The number of rotatable bonds is 8. The van der Waals surface area contributed by atoms with Gasteiger partial charge in [-0.15, -0.1) is 0 Å². The van der Waals surface area contributed by atoms with Crippen LogP contribution in [0.2, 0.25) is 0 Å². The summed E-state index contributed by atoms with van der Waals surface area (Å²) in [5, 5.41) is 0. The SMILES string of the molecule is CCc1nsc(SCCOc2ccc(CCN)cc2)n1. The Labute approximate surface area is 127 Å². The van der Waals surface area contributed by atoms with E-state index in [9.17, 15) is 0 Å². The second kappa shape index (κ2) is 8.24. The summed E-state index contributed by atoms with van der Waals surface area (Å²) >= 11 is 3.15. The molecule has 2 rings (SSSR count). The normalized spacial score (nSPS) is 10.7. The van der Waals surface area contributed by atoms with Crippen molar-refractivity contribution in [3.05, 3.63) is 35.7 Å². The lowest BCUT2D eigenvalue weighted by Crippen LogP contribution is -2.03. The second-order valence-corrected chi connectivity index (χ2v) is 6.30. The summed E-state index contributed by atoms with van der Waals surface area (Å²) in [6.45, 7) is 3.41. The van der Waals surface area contributed by atoms with Crippen molar-refractivity contribution >= 4 is 23.3 Å². The van der Waals surface area contributed by atoms with Gasteiger partial charge in [-0.05, 0) is 42.2 Å². The number of hydrogen-bond acceptors (Lipinski definition) is 6. The van der Waals surface area contributed by atoms with Gasteiger partial charge in [0.1, 0.15) is 11.6 Å². The quantitative estimate of drug-likeness (QED) is 0.600. The maximum Gasteiger partial charge on any atom is 0.170 e. The number of nitrogens with two attached hydrogens (primary N) is 1. The molecule has 0 aliphatic rings. The molecule has 0 aliphatic heterocycles. The maximum absolute atomic E-state index is 5.70. The summed E-state index contributed by atoms with van der Waals surface area (Å²) in [7, 11) is 0. The summed E-state index contributed by atoms with van der Waals surface area (Å²) < 4.78 is 11.0. The van der Waals surface area contributed by atoms with Crippen molar-refractivity contribution in [2.45, 2.75) is 24.1 Å². The number of ether oxygens (including phenoxy) is 1. The first-order valence-electron chi connectivity index (χ1n) is 6.69. The summed E-state index contributed by atoms with van der Waals surface area (Å²) in [6, 6.07) is 8.12. The Hall–Kier alpha value is -1.11. The van der Waals surface area contributed by atoms with Crippen LogP contribution in [0.5, 0.6) is 5.75 Å². The van der Waals surface area contributed by atoms with Crippen molar-refractivity contribution in [3.63, 3.8) is 0 Å². The topological polar surface area (TPSA) is 61.0 Å². The monoisotopic (exact) mass is 309 g/mol. The lowest BCUT2D eigenvalue weighted by atomic mass is 10.1. The van der Waals surface area contributed by atoms with Crippen LogP contribution < -0.4 is 10.5 Å². The zero-order valence-corrected chi connectivity index (χ0v) is 13.2. The molecule has 1 aromatic heterocycles. The Morgan fingerprint density at radius 3 is 2.75 bits per heavy atom. The average Bonchev–Trinajstić information content (AvgIpc) is 2.94.